The van der Waals surface area contributed by atoms with Gasteiger partial charge in [0.2, 0.25) is 0 Å². The maximum atomic E-state index is 12.1. The Morgan fingerprint density at radius 3 is 2.71 bits per heavy atom. The SMILES string of the molecule is Cc1nc(NC(=O)c2cccc([N+](=O)[O-])c2C)cc(=O)[nH]1. The number of hydrogen-bond donors (Lipinski definition) is 2. The number of nitro benzene ring substituents is 1. The number of carbonyl (C=O) groups is 1. The van der Waals surface area contributed by atoms with Gasteiger partial charge in [0.15, 0.2) is 0 Å². The number of aromatic nitrogens is 2. The van der Waals surface area contributed by atoms with E-state index in [-0.39, 0.29) is 22.6 Å². The van der Waals surface area contributed by atoms with Crippen molar-refractivity contribution in [2.45, 2.75) is 13.8 Å². The number of H-pyrrole nitrogens is 1. The zero-order valence-electron chi connectivity index (χ0n) is 11.3. The molecule has 2 rings (SSSR count). The van der Waals surface area contributed by atoms with Crippen molar-refractivity contribution in [1.29, 1.82) is 0 Å². The largest absolute Gasteiger partial charge is 0.311 e. The van der Waals surface area contributed by atoms with Crippen molar-refractivity contribution in [3.8, 4) is 0 Å². The molecule has 0 aliphatic carbocycles. The summed E-state index contributed by atoms with van der Waals surface area (Å²) in [5, 5.41) is 13.3. The quantitative estimate of drug-likeness (QED) is 0.656. The van der Waals surface area contributed by atoms with E-state index in [1.807, 2.05) is 0 Å². The molecule has 108 valence electrons. The number of nitrogens with zero attached hydrogens (tertiary/aromatic N) is 2. The molecule has 2 aromatic rings. The third kappa shape index (κ3) is 3.11. The number of rotatable bonds is 3. The number of nitro groups is 1. The average molecular weight is 288 g/mol. The zero-order valence-corrected chi connectivity index (χ0v) is 11.3. The van der Waals surface area contributed by atoms with Gasteiger partial charge in [-0.25, -0.2) is 4.98 Å². The molecule has 0 spiro atoms. The maximum absolute atomic E-state index is 12.1. The highest BCUT2D eigenvalue weighted by Crippen LogP contribution is 2.21. The second-order valence-electron chi connectivity index (χ2n) is 4.38. The van der Waals surface area contributed by atoms with Gasteiger partial charge in [-0.1, -0.05) is 6.07 Å². The molecule has 21 heavy (non-hydrogen) atoms. The lowest BCUT2D eigenvalue weighted by molar-refractivity contribution is -0.385. The predicted octanol–water partition coefficient (Wildman–Crippen LogP) is 1.55. The molecule has 1 amide bonds. The summed E-state index contributed by atoms with van der Waals surface area (Å²) in [7, 11) is 0. The Kier molecular flexibility index (Phi) is 3.79. The highest BCUT2D eigenvalue weighted by atomic mass is 16.6. The Morgan fingerprint density at radius 2 is 2.10 bits per heavy atom. The summed E-state index contributed by atoms with van der Waals surface area (Å²) in [6.45, 7) is 3.07. The minimum Gasteiger partial charge on any atom is -0.311 e. The van der Waals surface area contributed by atoms with E-state index in [0.29, 0.717) is 5.82 Å². The number of hydrogen-bond acceptors (Lipinski definition) is 5. The van der Waals surface area contributed by atoms with Gasteiger partial charge in [0.05, 0.1) is 4.92 Å². The fraction of sp³-hybridized carbons (Fsp3) is 0.154. The van der Waals surface area contributed by atoms with Crippen LogP contribution in [-0.2, 0) is 0 Å². The highest BCUT2D eigenvalue weighted by molar-refractivity contribution is 6.05. The van der Waals surface area contributed by atoms with Crippen molar-refractivity contribution in [2.24, 2.45) is 0 Å². The fourth-order valence-corrected chi connectivity index (χ4v) is 1.89. The summed E-state index contributed by atoms with van der Waals surface area (Å²) in [5.41, 5.74) is -0.128. The lowest BCUT2D eigenvalue weighted by Crippen LogP contribution is -2.18. The molecule has 8 nitrogen and oxygen atoms in total. The molecule has 8 heteroatoms. The van der Waals surface area contributed by atoms with Crippen LogP contribution in [0.1, 0.15) is 21.7 Å². The van der Waals surface area contributed by atoms with Crippen molar-refractivity contribution in [1.82, 2.24) is 9.97 Å². The molecule has 0 saturated heterocycles. The van der Waals surface area contributed by atoms with Crippen LogP contribution in [0.25, 0.3) is 0 Å². The van der Waals surface area contributed by atoms with E-state index in [9.17, 15) is 19.7 Å². The summed E-state index contributed by atoms with van der Waals surface area (Å²) in [4.78, 5) is 40.2. The van der Waals surface area contributed by atoms with Gasteiger partial charge in [0.1, 0.15) is 11.6 Å². The third-order valence-electron chi connectivity index (χ3n) is 2.85. The summed E-state index contributed by atoms with van der Waals surface area (Å²) in [6, 6.07) is 5.35. The van der Waals surface area contributed by atoms with Gasteiger partial charge in [-0.15, -0.1) is 0 Å². The fourth-order valence-electron chi connectivity index (χ4n) is 1.89. The van der Waals surface area contributed by atoms with Crippen LogP contribution in [0.4, 0.5) is 11.5 Å². The molecule has 1 heterocycles. The predicted molar refractivity (Wildman–Crippen MR) is 75.4 cm³/mol. The lowest BCUT2D eigenvalue weighted by Gasteiger charge is -2.07. The van der Waals surface area contributed by atoms with E-state index < -0.39 is 16.4 Å². The standard InChI is InChI=1S/C13H12N4O4/c1-7-9(4-3-5-10(7)17(20)21)13(19)16-11-6-12(18)15-8(2)14-11/h3-6H,1-2H3,(H2,14,15,16,18,19). The third-order valence-corrected chi connectivity index (χ3v) is 2.85. The molecule has 0 bridgehead atoms. The molecule has 1 aromatic heterocycles. The van der Waals surface area contributed by atoms with E-state index in [1.54, 1.807) is 6.92 Å². The minimum atomic E-state index is -0.561. The molecule has 0 radical (unpaired) electrons. The van der Waals surface area contributed by atoms with Crippen LogP contribution in [0.5, 0.6) is 0 Å². The van der Waals surface area contributed by atoms with Crippen LogP contribution < -0.4 is 10.9 Å². The van der Waals surface area contributed by atoms with E-state index >= 15 is 0 Å². The van der Waals surface area contributed by atoms with Crippen LogP contribution in [0.15, 0.2) is 29.1 Å². The molecule has 0 fully saturated rings. The normalized spacial score (nSPS) is 10.2. The first-order chi connectivity index (χ1) is 9.88. The number of benzene rings is 1. The van der Waals surface area contributed by atoms with Crippen molar-refractivity contribution in [3.63, 3.8) is 0 Å². The smallest absolute Gasteiger partial charge is 0.273 e. The number of aromatic amines is 1. The Bertz CT molecular complexity index is 782. The number of nitrogens with one attached hydrogen (secondary N) is 2. The van der Waals surface area contributed by atoms with E-state index in [0.717, 1.165) is 6.07 Å². The lowest BCUT2D eigenvalue weighted by atomic mass is 10.1. The molecule has 0 aliphatic heterocycles. The van der Waals surface area contributed by atoms with Gasteiger partial charge in [0.25, 0.3) is 17.2 Å². The number of amides is 1. The minimum absolute atomic E-state index is 0.0900. The molecule has 0 aliphatic rings. The van der Waals surface area contributed by atoms with E-state index in [2.05, 4.69) is 15.3 Å². The average Bonchev–Trinajstić information content (AvgIpc) is 2.37. The molecule has 0 saturated carbocycles. The summed E-state index contributed by atoms with van der Waals surface area (Å²) >= 11 is 0. The Labute approximate surface area is 119 Å². The summed E-state index contributed by atoms with van der Waals surface area (Å²) in [6.07, 6.45) is 0. The second kappa shape index (κ2) is 5.53. The van der Waals surface area contributed by atoms with Gasteiger partial charge in [-0.05, 0) is 19.9 Å². The van der Waals surface area contributed by atoms with Crippen LogP contribution >= 0.6 is 0 Å². The highest BCUT2D eigenvalue weighted by Gasteiger charge is 2.18. The van der Waals surface area contributed by atoms with Gasteiger partial charge in [-0.2, -0.15) is 0 Å². The molecular weight excluding hydrogens is 276 g/mol. The number of anilines is 1. The Morgan fingerprint density at radius 1 is 1.38 bits per heavy atom. The number of aryl methyl sites for hydroxylation is 1. The Balaban J connectivity index is 2.35. The van der Waals surface area contributed by atoms with Crippen LogP contribution in [0.2, 0.25) is 0 Å². The van der Waals surface area contributed by atoms with Crippen molar-refractivity contribution >= 4 is 17.4 Å². The first-order valence-corrected chi connectivity index (χ1v) is 6.02. The van der Waals surface area contributed by atoms with E-state index in [4.69, 9.17) is 0 Å². The van der Waals surface area contributed by atoms with Gasteiger partial charge in [0, 0.05) is 23.3 Å². The van der Waals surface area contributed by atoms with Crippen molar-refractivity contribution in [3.05, 3.63) is 61.7 Å². The summed E-state index contributed by atoms with van der Waals surface area (Å²) < 4.78 is 0. The second-order valence-corrected chi connectivity index (χ2v) is 4.38. The van der Waals surface area contributed by atoms with Gasteiger partial charge < -0.3 is 10.3 Å². The number of carbonyl (C=O) groups excluding carboxylic acids is 1. The van der Waals surface area contributed by atoms with Crippen LogP contribution in [-0.4, -0.2) is 20.8 Å². The van der Waals surface area contributed by atoms with Crippen LogP contribution in [0, 0.1) is 24.0 Å². The first-order valence-electron chi connectivity index (χ1n) is 6.02. The molecule has 0 atom stereocenters. The monoisotopic (exact) mass is 288 g/mol. The van der Waals surface area contributed by atoms with Gasteiger partial charge >= 0.3 is 0 Å². The molecule has 1 aromatic carbocycles. The maximum Gasteiger partial charge on any atom is 0.273 e. The molecule has 2 N–H and O–H groups in total. The molecule has 0 unspecified atom stereocenters. The van der Waals surface area contributed by atoms with Crippen molar-refractivity contribution < 1.29 is 9.72 Å². The van der Waals surface area contributed by atoms with Crippen LogP contribution in [0.3, 0.4) is 0 Å². The zero-order chi connectivity index (χ0) is 15.6. The Hall–Kier alpha value is -3.03. The van der Waals surface area contributed by atoms with Crippen molar-refractivity contribution in [2.75, 3.05) is 5.32 Å². The first kappa shape index (κ1) is 14.4. The summed E-state index contributed by atoms with van der Waals surface area (Å²) in [5.74, 6) is -0.116. The van der Waals surface area contributed by atoms with E-state index in [1.165, 1.54) is 25.1 Å². The topological polar surface area (TPSA) is 118 Å². The van der Waals surface area contributed by atoms with Gasteiger partial charge in [-0.3, -0.25) is 19.7 Å². The molecular formula is C13H12N4O4.